The zero-order valence-electron chi connectivity index (χ0n) is 15.4. The number of hydrogen-bond acceptors (Lipinski definition) is 6. The first-order valence-electron chi connectivity index (χ1n) is 8.39. The Morgan fingerprint density at radius 3 is 2.57 bits per heavy atom. The molecule has 0 unspecified atom stereocenters. The molecule has 1 aromatic heterocycles. The highest BCUT2D eigenvalue weighted by molar-refractivity contribution is 7.99. The van der Waals surface area contributed by atoms with Crippen molar-refractivity contribution in [3.8, 4) is 11.5 Å². The number of methoxy groups -OCH3 is 1. The van der Waals surface area contributed by atoms with Gasteiger partial charge in [0.25, 0.3) is 0 Å². The zero-order valence-corrected chi connectivity index (χ0v) is 16.2. The van der Waals surface area contributed by atoms with E-state index in [0.29, 0.717) is 16.7 Å². The molecule has 28 heavy (non-hydrogen) atoms. The smallest absolute Gasteiger partial charge is 0.234 e. The molecule has 146 valence electrons. The minimum Gasteiger partial charge on any atom is -0.497 e. The molecule has 1 heterocycles. The molecular weight excluding hydrogens is 383 g/mol. The van der Waals surface area contributed by atoms with Crippen molar-refractivity contribution in [2.75, 3.05) is 18.2 Å². The molecule has 0 spiro atoms. The Hall–Kier alpha value is -3.07. The summed E-state index contributed by atoms with van der Waals surface area (Å²) in [4.78, 5) is 12.0. The van der Waals surface area contributed by atoms with E-state index in [1.165, 1.54) is 23.9 Å². The van der Waals surface area contributed by atoms with Crippen molar-refractivity contribution in [1.29, 1.82) is 0 Å². The number of rotatable bonds is 8. The monoisotopic (exact) mass is 402 g/mol. The lowest BCUT2D eigenvalue weighted by atomic mass is 10.3. The van der Waals surface area contributed by atoms with Gasteiger partial charge in [-0.05, 0) is 36.4 Å². The van der Waals surface area contributed by atoms with Crippen molar-refractivity contribution < 1.29 is 18.7 Å². The fraction of sp³-hybridized carbons (Fsp3) is 0.211. The minimum absolute atomic E-state index is 0.0830. The lowest BCUT2D eigenvalue weighted by Gasteiger charge is -2.08. The van der Waals surface area contributed by atoms with Gasteiger partial charge in [0, 0.05) is 7.05 Å². The van der Waals surface area contributed by atoms with Crippen molar-refractivity contribution in [1.82, 2.24) is 14.8 Å². The van der Waals surface area contributed by atoms with E-state index in [-0.39, 0.29) is 24.0 Å². The van der Waals surface area contributed by atoms with Crippen LogP contribution in [0.2, 0.25) is 0 Å². The number of nitrogens with zero attached hydrogens (tertiary/aromatic N) is 3. The number of benzene rings is 2. The van der Waals surface area contributed by atoms with E-state index in [1.807, 2.05) is 12.1 Å². The van der Waals surface area contributed by atoms with Crippen LogP contribution in [0.1, 0.15) is 5.82 Å². The lowest BCUT2D eigenvalue weighted by Crippen LogP contribution is -2.15. The van der Waals surface area contributed by atoms with E-state index in [1.54, 1.807) is 43.0 Å². The van der Waals surface area contributed by atoms with Gasteiger partial charge in [-0.3, -0.25) is 4.79 Å². The van der Waals surface area contributed by atoms with Crippen molar-refractivity contribution in [2.45, 2.75) is 11.8 Å². The molecule has 1 N–H and O–H groups in total. The van der Waals surface area contributed by atoms with E-state index in [4.69, 9.17) is 9.47 Å². The summed E-state index contributed by atoms with van der Waals surface area (Å²) in [6, 6.07) is 13.2. The van der Waals surface area contributed by atoms with Crippen LogP contribution in [0.25, 0.3) is 0 Å². The Bertz CT molecular complexity index is 947. The normalized spacial score (nSPS) is 10.5. The summed E-state index contributed by atoms with van der Waals surface area (Å²) in [5, 5.41) is 11.3. The Kier molecular flexibility index (Phi) is 6.49. The molecule has 0 aliphatic rings. The fourth-order valence-corrected chi connectivity index (χ4v) is 3.03. The number of nitrogens with one attached hydrogen (secondary N) is 1. The second-order valence-electron chi connectivity index (χ2n) is 5.74. The van der Waals surface area contributed by atoms with Crippen molar-refractivity contribution in [2.24, 2.45) is 7.05 Å². The summed E-state index contributed by atoms with van der Waals surface area (Å²) in [5.74, 6) is 1.33. The SMILES string of the molecule is COc1ccc(OCc2nnc(SCC(=O)Nc3ccccc3F)n2C)cc1. The molecule has 0 saturated heterocycles. The Balaban J connectivity index is 1.52. The molecule has 0 fully saturated rings. The summed E-state index contributed by atoms with van der Waals surface area (Å²) in [7, 11) is 3.40. The highest BCUT2D eigenvalue weighted by atomic mass is 32.2. The quantitative estimate of drug-likeness (QED) is 0.583. The molecule has 0 radical (unpaired) electrons. The third kappa shape index (κ3) is 5.01. The Morgan fingerprint density at radius 1 is 1.14 bits per heavy atom. The molecule has 0 aliphatic carbocycles. The molecule has 1 amide bonds. The first-order valence-corrected chi connectivity index (χ1v) is 9.37. The molecule has 7 nitrogen and oxygen atoms in total. The van der Waals surface area contributed by atoms with Crippen LogP contribution in [-0.4, -0.2) is 33.5 Å². The molecule has 0 bridgehead atoms. The number of ether oxygens (including phenoxy) is 2. The predicted molar refractivity (Wildman–Crippen MR) is 104 cm³/mol. The number of halogens is 1. The number of amides is 1. The van der Waals surface area contributed by atoms with Crippen LogP contribution in [0.4, 0.5) is 10.1 Å². The molecular formula is C19H19FN4O3S. The average Bonchev–Trinajstić information content (AvgIpc) is 3.06. The van der Waals surface area contributed by atoms with Gasteiger partial charge in [-0.25, -0.2) is 4.39 Å². The van der Waals surface area contributed by atoms with Crippen LogP contribution in [-0.2, 0) is 18.4 Å². The number of hydrogen-bond donors (Lipinski definition) is 1. The molecule has 3 aromatic rings. The van der Waals surface area contributed by atoms with Crippen LogP contribution in [0.3, 0.4) is 0 Å². The molecule has 2 aromatic carbocycles. The number of carbonyl (C=O) groups excluding carboxylic acids is 1. The minimum atomic E-state index is -0.475. The maximum Gasteiger partial charge on any atom is 0.234 e. The number of carbonyl (C=O) groups is 1. The zero-order chi connectivity index (χ0) is 19.9. The van der Waals surface area contributed by atoms with Gasteiger partial charge < -0.3 is 19.4 Å². The maximum absolute atomic E-state index is 13.6. The van der Waals surface area contributed by atoms with Crippen LogP contribution in [0, 0.1) is 5.82 Å². The van der Waals surface area contributed by atoms with Gasteiger partial charge in [0.2, 0.25) is 5.91 Å². The van der Waals surface area contributed by atoms with Crippen molar-refractivity contribution in [3.05, 3.63) is 60.2 Å². The predicted octanol–water partition coefficient (Wildman–Crippen LogP) is 3.27. The van der Waals surface area contributed by atoms with Crippen LogP contribution < -0.4 is 14.8 Å². The molecule has 0 atom stereocenters. The summed E-state index contributed by atoms with van der Waals surface area (Å²) in [6.07, 6.45) is 0. The van der Waals surface area contributed by atoms with Crippen molar-refractivity contribution in [3.63, 3.8) is 0 Å². The van der Waals surface area contributed by atoms with Crippen LogP contribution in [0.5, 0.6) is 11.5 Å². The van der Waals surface area contributed by atoms with E-state index < -0.39 is 5.82 Å². The van der Waals surface area contributed by atoms with Gasteiger partial charge in [-0.1, -0.05) is 23.9 Å². The second-order valence-corrected chi connectivity index (χ2v) is 6.68. The standard InChI is InChI=1S/C19H19FN4O3S/c1-24-17(11-27-14-9-7-13(26-2)8-10-14)22-23-19(24)28-12-18(25)21-16-6-4-3-5-15(16)20/h3-10H,11-12H2,1-2H3,(H,21,25). The Morgan fingerprint density at radius 2 is 1.86 bits per heavy atom. The maximum atomic E-state index is 13.6. The topological polar surface area (TPSA) is 78.3 Å². The van der Waals surface area contributed by atoms with E-state index in [9.17, 15) is 9.18 Å². The number of anilines is 1. The number of thioether (sulfide) groups is 1. The Labute approximate surface area is 165 Å². The van der Waals surface area contributed by atoms with Gasteiger partial charge in [0.1, 0.15) is 23.9 Å². The van der Waals surface area contributed by atoms with Crippen molar-refractivity contribution >= 4 is 23.4 Å². The van der Waals surface area contributed by atoms with Gasteiger partial charge in [0.15, 0.2) is 11.0 Å². The summed E-state index contributed by atoms with van der Waals surface area (Å²) >= 11 is 1.21. The van der Waals surface area contributed by atoms with E-state index >= 15 is 0 Å². The van der Waals surface area contributed by atoms with Crippen LogP contribution >= 0.6 is 11.8 Å². The fourth-order valence-electron chi connectivity index (χ4n) is 2.30. The average molecular weight is 402 g/mol. The second kappa shape index (κ2) is 9.23. The summed E-state index contributed by atoms with van der Waals surface area (Å²) in [5.41, 5.74) is 0.152. The first-order chi connectivity index (χ1) is 13.6. The van der Waals surface area contributed by atoms with E-state index in [0.717, 1.165) is 5.75 Å². The number of aromatic nitrogens is 3. The third-order valence-electron chi connectivity index (χ3n) is 3.83. The lowest BCUT2D eigenvalue weighted by molar-refractivity contribution is -0.113. The summed E-state index contributed by atoms with van der Waals surface area (Å²) < 4.78 is 26.1. The summed E-state index contributed by atoms with van der Waals surface area (Å²) in [6.45, 7) is 0.234. The van der Waals surface area contributed by atoms with E-state index in [2.05, 4.69) is 15.5 Å². The van der Waals surface area contributed by atoms with Gasteiger partial charge in [-0.15, -0.1) is 10.2 Å². The molecule has 0 aliphatic heterocycles. The molecule has 9 heteroatoms. The van der Waals surface area contributed by atoms with Gasteiger partial charge >= 0.3 is 0 Å². The molecule has 0 saturated carbocycles. The van der Waals surface area contributed by atoms with Crippen LogP contribution in [0.15, 0.2) is 53.7 Å². The highest BCUT2D eigenvalue weighted by Gasteiger charge is 2.13. The molecule has 3 rings (SSSR count). The van der Waals surface area contributed by atoms with Gasteiger partial charge in [-0.2, -0.15) is 0 Å². The van der Waals surface area contributed by atoms with Gasteiger partial charge in [0.05, 0.1) is 18.6 Å². The number of para-hydroxylation sites is 1. The first kappa shape index (κ1) is 19.7. The highest BCUT2D eigenvalue weighted by Crippen LogP contribution is 2.20. The third-order valence-corrected chi connectivity index (χ3v) is 4.85. The largest absolute Gasteiger partial charge is 0.497 e.